The fraction of sp³-hybridized carbons (Fsp3) is 0.417. The fourth-order valence-corrected chi connectivity index (χ4v) is 2.55. The van der Waals surface area contributed by atoms with Gasteiger partial charge in [0.2, 0.25) is 0 Å². The first kappa shape index (κ1) is 17.1. The van der Waals surface area contributed by atoms with E-state index in [-0.39, 0.29) is 23.6 Å². The Bertz CT molecular complexity index is 609. The van der Waals surface area contributed by atoms with Crippen LogP contribution in [0, 0.1) is 10.1 Å². The number of carbonyl (C=O) groups excluding carboxylic acids is 1. The van der Waals surface area contributed by atoms with Crippen LogP contribution in [-0.2, 0) is 23.8 Å². The standard InChI is InChI=1S/C12H15NO7S/c1-3-11(12(14)19-4-2)20-21(17,18)10-7-5-9(6-8-10)13(15)16/h5-8,11H,3-4H2,1-2H3. The van der Waals surface area contributed by atoms with E-state index in [1.54, 1.807) is 13.8 Å². The van der Waals surface area contributed by atoms with Crippen LogP contribution < -0.4 is 0 Å². The van der Waals surface area contributed by atoms with Crippen LogP contribution in [0.3, 0.4) is 0 Å². The third-order valence-electron chi connectivity index (χ3n) is 2.50. The molecular weight excluding hydrogens is 302 g/mol. The Kier molecular flexibility index (Phi) is 5.79. The Morgan fingerprint density at radius 1 is 1.29 bits per heavy atom. The van der Waals surface area contributed by atoms with E-state index in [4.69, 9.17) is 8.92 Å². The van der Waals surface area contributed by atoms with Gasteiger partial charge in [-0.25, -0.2) is 4.79 Å². The molecule has 0 spiro atoms. The maximum absolute atomic E-state index is 12.0. The molecule has 0 aromatic heterocycles. The number of nitrogens with zero attached hydrogens (tertiary/aromatic N) is 1. The molecule has 116 valence electrons. The van der Waals surface area contributed by atoms with Crippen LogP contribution >= 0.6 is 0 Å². The monoisotopic (exact) mass is 317 g/mol. The van der Waals surface area contributed by atoms with E-state index < -0.39 is 27.1 Å². The molecule has 0 saturated heterocycles. The molecule has 0 fully saturated rings. The minimum Gasteiger partial charge on any atom is -0.464 e. The molecule has 8 nitrogen and oxygen atoms in total. The Labute approximate surface area is 121 Å². The summed E-state index contributed by atoms with van der Waals surface area (Å²) in [6, 6.07) is 4.18. The number of carbonyl (C=O) groups is 1. The molecule has 0 aliphatic rings. The number of hydrogen-bond donors (Lipinski definition) is 0. The Hall–Kier alpha value is -2.00. The third-order valence-corrected chi connectivity index (χ3v) is 3.83. The molecule has 0 aliphatic heterocycles. The van der Waals surface area contributed by atoms with Crippen LogP contribution in [-0.4, -0.2) is 32.0 Å². The van der Waals surface area contributed by atoms with Gasteiger partial charge in [-0.3, -0.25) is 14.3 Å². The predicted molar refractivity (Wildman–Crippen MR) is 72.1 cm³/mol. The molecule has 21 heavy (non-hydrogen) atoms. The smallest absolute Gasteiger partial charge is 0.336 e. The van der Waals surface area contributed by atoms with Gasteiger partial charge in [-0.2, -0.15) is 8.42 Å². The van der Waals surface area contributed by atoms with Crippen molar-refractivity contribution in [3.63, 3.8) is 0 Å². The van der Waals surface area contributed by atoms with Gasteiger partial charge in [0, 0.05) is 12.1 Å². The maximum atomic E-state index is 12.0. The maximum Gasteiger partial charge on any atom is 0.336 e. The first-order valence-electron chi connectivity index (χ1n) is 6.16. The molecule has 0 saturated carbocycles. The molecule has 0 bridgehead atoms. The van der Waals surface area contributed by atoms with Crippen LogP contribution in [0.2, 0.25) is 0 Å². The van der Waals surface area contributed by atoms with Crippen LogP contribution in [0.15, 0.2) is 29.2 Å². The lowest BCUT2D eigenvalue weighted by Gasteiger charge is -2.14. The molecule has 1 atom stereocenters. The highest BCUT2D eigenvalue weighted by atomic mass is 32.2. The summed E-state index contributed by atoms with van der Waals surface area (Å²) in [6.07, 6.45) is -1.13. The first-order chi connectivity index (χ1) is 9.81. The molecule has 1 unspecified atom stereocenters. The number of nitro groups is 1. The van der Waals surface area contributed by atoms with Gasteiger partial charge in [-0.05, 0) is 25.5 Å². The van der Waals surface area contributed by atoms with Crippen LogP contribution in [0.5, 0.6) is 0 Å². The Balaban J connectivity index is 2.94. The zero-order chi connectivity index (χ0) is 16.0. The number of nitro benzene ring substituents is 1. The topological polar surface area (TPSA) is 113 Å². The zero-order valence-electron chi connectivity index (χ0n) is 11.5. The van der Waals surface area contributed by atoms with Crippen molar-refractivity contribution < 1.29 is 27.1 Å². The lowest BCUT2D eigenvalue weighted by atomic mass is 10.3. The molecule has 0 radical (unpaired) electrons. The van der Waals surface area contributed by atoms with Gasteiger partial charge in [0.15, 0.2) is 6.10 Å². The van der Waals surface area contributed by atoms with Crippen molar-refractivity contribution in [2.45, 2.75) is 31.3 Å². The van der Waals surface area contributed by atoms with Crippen LogP contribution in [0.1, 0.15) is 20.3 Å². The lowest BCUT2D eigenvalue weighted by molar-refractivity contribution is -0.384. The van der Waals surface area contributed by atoms with E-state index in [0.717, 1.165) is 24.3 Å². The van der Waals surface area contributed by atoms with Crippen LogP contribution in [0.25, 0.3) is 0 Å². The summed E-state index contributed by atoms with van der Waals surface area (Å²) in [7, 11) is -4.20. The summed E-state index contributed by atoms with van der Waals surface area (Å²) in [5.41, 5.74) is -0.244. The van der Waals surface area contributed by atoms with E-state index in [9.17, 15) is 23.3 Å². The summed E-state index contributed by atoms with van der Waals surface area (Å²) in [5.74, 6) is -0.773. The summed E-state index contributed by atoms with van der Waals surface area (Å²) in [4.78, 5) is 21.1. The van der Waals surface area contributed by atoms with Gasteiger partial charge in [0.05, 0.1) is 16.4 Å². The Morgan fingerprint density at radius 2 is 1.86 bits per heavy atom. The first-order valence-corrected chi connectivity index (χ1v) is 7.57. The highest BCUT2D eigenvalue weighted by Gasteiger charge is 2.27. The van der Waals surface area contributed by atoms with Crippen molar-refractivity contribution in [3.05, 3.63) is 34.4 Å². The van der Waals surface area contributed by atoms with Crippen molar-refractivity contribution >= 4 is 21.8 Å². The van der Waals surface area contributed by atoms with Gasteiger partial charge in [-0.1, -0.05) is 6.92 Å². The number of benzene rings is 1. The average Bonchev–Trinajstić information content (AvgIpc) is 2.45. The second kappa shape index (κ2) is 7.14. The second-order valence-electron chi connectivity index (χ2n) is 3.95. The van der Waals surface area contributed by atoms with Gasteiger partial charge in [0.25, 0.3) is 15.8 Å². The normalized spacial score (nSPS) is 12.7. The molecule has 1 rings (SSSR count). The average molecular weight is 317 g/mol. The van der Waals surface area contributed by atoms with Crippen molar-refractivity contribution in [1.29, 1.82) is 0 Å². The van der Waals surface area contributed by atoms with E-state index >= 15 is 0 Å². The highest BCUT2D eigenvalue weighted by molar-refractivity contribution is 7.86. The third kappa shape index (κ3) is 4.50. The molecule has 0 heterocycles. The zero-order valence-corrected chi connectivity index (χ0v) is 12.3. The van der Waals surface area contributed by atoms with Crippen molar-refractivity contribution in [3.8, 4) is 0 Å². The van der Waals surface area contributed by atoms with E-state index in [1.165, 1.54) is 0 Å². The number of ether oxygens (including phenoxy) is 1. The van der Waals surface area contributed by atoms with E-state index in [0.29, 0.717) is 0 Å². The predicted octanol–water partition coefficient (Wildman–Crippen LogP) is 1.64. The van der Waals surface area contributed by atoms with Crippen molar-refractivity contribution in [1.82, 2.24) is 0 Å². The summed E-state index contributed by atoms with van der Waals surface area (Å²) in [5, 5.41) is 10.5. The van der Waals surface area contributed by atoms with Gasteiger partial charge in [0.1, 0.15) is 0 Å². The molecular formula is C12H15NO7S. The number of rotatable bonds is 7. The second-order valence-corrected chi connectivity index (χ2v) is 5.52. The summed E-state index contributed by atoms with van der Waals surface area (Å²) >= 11 is 0. The molecule has 1 aromatic rings. The molecule has 1 aromatic carbocycles. The number of non-ortho nitro benzene ring substituents is 1. The summed E-state index contributed by atoms with van der Waals surface area (Å²) < 4.78 is 33.5. The van der Waals surface area contributed by atoms with Crippen LogP contribution in [0.4, 0.5) is 5.69 Å². The summed E-state index contributed by atoms with van der Waals surface area (Å²) in [6.45, 7) is 3.28. The van der Waals surface area contributed by atoms with Gasteiger partial charge < -0.3 is 4.74 Å². The van der Waals surface area contributed by atoms with Gasteiger partial charge in [-0.15, -0.1) is 0 Å². The SMILES string of the molecule is CCOC(=O)C(CC)OS(=O)(=O)c1ccc([N+](=O)[O-])cc1. The van der Waals surface area contributed by atoms with Gasteiger partial charge >= 0.3 is 5.97 Å². The Morgan fingerprint density at radius 3 is 2.29 bits per heavy atom. The minimum atomic E-state index is -4.20. The number of hydrogen-bond acceptors (Lipinski definition) is 7. The molecule has 0 aliphatic carbocycles. The minimum absolute atomic E-state index is 0.107. The van der Waals surface area contributed by atoms with E-state index in [1.807, 2.05) is 0 Å². The van der Waals surface area contributed by atoms with E-state index in [2.05, 4.69) is 0 Å². The fourth-order valence-electron chi connectivity index (χ4n) is 1.45. The largest absolute Gasteiger partial charge is 0.464 e. The number of esters is 1. The van der Waals surface area contributed by atoms with Crippen molar-refractivity contribution in [2.75, 3.05) is 6.61 Å². The highest BCUT2D eigenvalue weighted by Crippen LogP contribution is 2.19. The lowest BCUT2D eigenvalue weighted by Crippen LogP contribution is -2.28. The molecule has 0 amide bonds. The van der Waals surface area contributed by atoms with Crippen molar-refractivity contribution in [2.24, 2.45) is 0 Å². The molecule has 9 heteroatoms. The quantitative estimate of drug-likeness (QED) is 0.325. The molecule has 0 N–H and O–H groups in total.